The molecule has 0 bridgehead atoms. The fourth-order valence-electron chi connectivity index (χ4n) is 3.17. The van der Waals surface area contributed by atoms with Crippen LogP contribution in [0.5, 0.6) is 0 Å². The molecule has 0 aliphatic rings. The van der Waals surface area contributed by atoms with Crippen LogP contribution in [0.2, 0.25) is 0 Å². The van der Waals surface area contributed by atoms with Gasteiger partial charge in [0.15, 0.2) is 5.16 Å². The van der Waals surface area contributed by atoms with Crippen molar-refractivity contribution in [3.8, 4) is 17.1 Å². The van der Waals surface area contributed by atoms with Crippen molar-refractivity contribution in [2.45, 2.75) is 17.8 Å². The van der Waals surface area contributed by atoms with Crippen molar-refractivity contribution < 1.29 is 4.52 Å². The highest BCUT2D eigenvalue weighted by Gasteiger charge is 2.16. The Hall–Kier alpha value is -3.23. The fourth-order valence-corrected chi connectivity index (χ4v) is 4.78. The molecule has 0 unspecified atom stereocenters. The van der Waals surface area contributed by atoms with Gasteiger partial charge in [-0.1, -0.05) is 59.4 Å². The molecule has 0 aliphatic carbocycles. The van der Waals surface area contributed by atoms with Gasteiger partial charge in [0.05, 0.1) is 17.0 Å². The highest BCUT2D eigenvalue weighted by molar-refractivity contribution is 7.98. The van der Waals surface area contributed by atoms with Crippen LogP contribution in [0, 0.1) is 6.92 Å². The molecule has 0 amide bonds. The van der Waals surface area contributed by atoms with E-state index in [1.807, 2.05) is 73.0 Å². The Bertz CT molecular complexity index is 1390. The summed E-state index contributed by atoms with van der Waals surface area (Å²) in [5, 5.41) is 6.59. The van der Waals surface area contributed by atoms with E-state index in [1.54, 1.807) is 4.57 Å². The van der Waals surface area contributed by atoms with Crippen LogP contribution < -0.4 is 5.56 Å². The molecule has 0 aliphatic heterocycles. The summed E-state index contributed by atoms with van der Waals surface area (Å²) in [6.07, 6.45) is 0. The Labute approximate surface area is 180 Å². The predicted molar refractivity (Wildman–Crippen MR) is 119 cm³/mol. The van der Waals surface area contributed by atoms with Crippen LogP contribution in [0.4, 0.5) is 0 Å². The third-order valence-electron chi connectivity index (χ3n) is 4.64. The highest BCUT2D eigenvalue weighted by Crippen LogP contribution is 2.27. The third-order valence-corrected chi connectivity index (χ3v) is 6.46. The minimum absolute atomic E-state index is 0.0742. The lowest BCUT2D eigenvalue weighted by Gasteiger charge is -2.11. The first-order valence-electron chi connectivity index (χ1n) is 9.28. The van der Waals surface area contributed by atoms with E-state index in [1.165, 1.54) is 23.1 Å². The molecule has 0 N–H and O–H groups in total. The number of benzene rings is 2. The number of hydrogen-bond donors (Lipinski definition) is 0. The van der Waals surface area contributed by atoms with E-state index in [2.05, 4.69) is 10.1 Å². The number of rotatable bonds is 5. The van der Waals surface area contributed by atoms with E-state index in [-0.39, 0.29) is 5.56 Å². The van der Waals surface area contributed by atoms with Crippen molar-refractivity contribution in [3.05, 3.63) is 87.9 Å². The van der Waals surface area contributed by atoms with Crippen molar-refractivity contribution in [1.29, 1.82) is 0 Å². The molecule has 5 aromatic rings. The molecule has 30 heavy (non-hydrogen) atoms. The molecule has 0 atom stereocenters. The van der Waals surface area contributed by atoms with Crippen LogP contribution in [0.3, 0.4) is 0 Å². The van der Waals surface area contributed by atoms with E-state index in [0.29, 0.717) is 32.8 Å². The summed E-state index contributed by atoms with van der Waals surface area (Å²) < 4.78 is 7.73. The van der Waals surface area contributed by atoms with Gasteiger partial charge in [0, 0.05) is 5.56 Å². The largest absolute Gasteiger partial charge is 0.338 e. The number of aromatic nitrogens is 4. The van der Waals surface area contributed by atoms with Crippen LogP contribution in [0.15, 0.2) is 80.5 Å². The number of aryl methyl sites for hydroxylation is 1. The quantitative estimate of drug-likeness (QED) is 0.284. The Kier molecular flexibility index (Phi) is 4.94. The molecule has 8 heteroatoms. The number of para-hydroxylation sites is 1. The van der Waals surface area contributed by atoms with Crippen LogP contribution >= 0.6 is 23.1 Å². The van der Waals surface area contributed by atoms with Gasteiger partial charge in [-0.3, -0.25) is 9.36 Å². The second kappa shape index (κ2) is 7.89. The number of hydrogen-bond acceptors (Lipinski definition) is 7. The molecule has 0 radical (unpaired) electrons. The Morgan fingerprint density at radius 2 is 1.83 bits per heavy atom. The van der Waals surface area contributed by atoms with Crippen LogP contribution in [0.25, 0.3) is 27.3 Å². The average Bonchev–Trinajstić information content (AvgIpc) is 3.43. The maximum Gasteiger partial charge on any atom is 0.276 e. The maximum atomic E-state index is 13.1. The molecular formula is C22H16N4O2S2. The standard InChI is InChI=1S/C22H16N4O2S2/c1-14-7-5-6-10-16(14)20-24-18(28-25-20)13-30-22-23-17-11-12-29-19(17)21(27)26(22)15-8-3-2-4-9-15/h2-12H,13H2,1H3. The van der Waals surface area contributed by atoms with Gasteiger partial charge in [-0.05, 0) is 36.1 Å². The number of thiophene rings is 1. The lowest BCUT2D eigenvalue weighted by Crippen LogP contribution is -2.20. The number of nitrogens with zero attached hydrogens (tertiary/aromatic N) is 4. The fraction of sp³-hybridized carbons (Fsp3) is 0.0909. The predicted octanol–water partition coefficient (Wildman–Crippen LogP) is 5.10. The van der Waals surface area contributed by atoms with Crippen molar-refractivity contribution in [1.82, 2.24) is 19.7 Å². The van der Waals surface area contributed by atoms with E-state index in [4.69, 9.17) is 9.51 Å². The van der Waals surface area contributed by atoms with Crippen molar-refractivity contribution in [2.24, 2.45) is 0 Å². The first-order valence-corrected chi connectivity index (χ1v) is 11.1. The van der Waals surface area contributed by atoms with Crippen LogP contribution in [-0.4, -0.2) is 19.7 Å². The summed E-state index contributed by atoms with van der Waals surface area (Å²) in [4.78, 5) is 22.4. The van der Waals surface area contributed by atoms with E-state index in [9.17, 15) is 4.79 Å². The van der Waals surface area contributed by atoms with Gasteiger partial charge in [0.1, 0.15) is 4.70 Å². The van der Waals surface area contributed by atoms with Gasteiger partial charge in [0.25, 0.3) is 5.56 Å². The van der Waals surface area contributed by atoms with E-state index < -0.39 is 0 Å². The zero-order valence-electron chi connectivity index (χ0n) is 16.0. The van der Waals surface area contributed by atoms with Gasteiger partial charge >= 0.3 is 0 Å². The minimum atomic E-state index is -0.0742. The lowest BCUT2D eigenvalue weighted by atomic mass is 10.1. The normalized spacial score (nSPS) is 11.2. The van der Waals surface area contributed by atoms with Gasteiger partial charge < -0.3 is 4.52 Å². The molecule has 0 fully saturated rings. The maximum absolute atomic E-state index is 13.1. The molecule has 3 aromatic heterocycles. The molecule has 2 aromatic carbocycles. The van der Waals surface area contributed by atoms with Gasteiger partial charge in [-0.15, -0.1) is 11.3 Å². The summed E-state index contributed by atoms with van der Waals surface area (Å²) in [5.74, 6) is 1.45. The van der Waals surface area contributed by atoms with Crippen molar-refractivity contribution in [3.63, 3.8) is 0 Å². The molecule has 5 rings (SSSR count). The Morgan fingerprint density at radius 3 is 2.67 bits per heavy atom. The smallest absolute Gasteiger partial charge is 0.276 e. The van der Waals surface area contributed by atoms with Crippen molar-refractivity contribution >= 4 is 33.3 Å². The first-order chi connectivity index (χ1) is 14.7. The molecule has 148 valence electrons. The molecule has 0 saturated heterocycles. The topological polar surface area (TPSA) is 73.8 Å². The second-order valence-electron chi connectivity index (χ2n) is 6.62. The minimum Gasteiger partial charge on any atom is -0.338 e. The van der Waals surface area contributed by atoms with Gasteiger partial charge in [-0.2, -0.15) is 4.98 Å². The summed E-state index contributed by atoms with van der Waals surface area (Å²) in [6.45, 7) is 2.01. The van der Waals surface area contributed by atoms with E-state index >= 15 is 0 Å². The zero-order valence-corrected chi connectivity index (χ0v) is 17.6. The summed E-state index contributed by atoms with van der Waals surface area (Å²) in [7, 11) is 0. The van der Waals surface area contributed by atoms with Crippen LogP contribution in [-0.2, 0) is 5.75 Å². The average molecular weight is 433 g/mol. The second-order valence-corrected chi connectivity index (χ2v) is 8.48. The lowest BCUT2D eigenvalue weighted by molar-refractivity contribution is 0.391. The first kappa shape index (κ1) is 18.8. The third kappa shape index (κ3) is 3.44. The SMILES string of the molecule is Cc1ccccc1-c1noc(CSc2nc3ccsc3c(=O)n2-c2ccccc2)n1. The zero-order chi connectivity index (χ0) is 20.5. The van der Waals surface area contributed by atoms with Crippen LogP contribution in [0.1, 0.15) is 11.5 Å². The van der Waals surface area contributed by atoms with E-state index in [0.717, 1.165) is 16.8 Å². The number of fused-ring (bicyclic) bond motifs is 1. The molecule has 6 nitrogen and oxygen atoms in total. The molecule has 3 heterocycles. The molecule has 0 saturated carbocycles. The molecular weight excluding hydrogens is 416 g/mol. The Balaban J connectivity index is 1.49. The summed E-state index contributed by atoms with van der Waals surface area (Å²) in [5.41, 5.74) is 3.43. The van der Waals surface area contributed by atoms with Crippen molar-refractivity contribution in [2.75, 3.05) is 0 Å². The highest BCUT2D eigenvalue weighted by atomic mass is 32.2. The number of thioether (sulfide) groups is 1. The van der Waals surface area contributed by atoms with Gasteiger partial charge in [-0.25, -0.2) is 4.98 Å². The monoisotopic (exact) mass is 432 g/mol. The summed E-state index contributed by atoms with van der Waals surface area (Å²) >= 11 is 2.80. The van der Waals surface area contributed by atoms with Gasteiger partial charge in [0.2, 0.25) is 11.7 Å². The summed E-state index contributed by atoms with van der Waals surface area (Å²) in [6, 6.07) is 19.3. The molecule has 0 spiro atoms. The Morgan fingerprint density at radius 1 is 1.03 bits per heavy atom.